The second-order valence-corrected chi connectivity index (χ2v) is 5.34. The van der Waals surface area contributed by atoms with Crippen LogP contribution in [0.2, 0.25) is 0 Å². The average molecular weight is 337 g/mol. The molecule has 0 saturated heterocycles. The van der Waals surface area contributed by atoms with Gasteiger partial charge in [0, 0.05) is 18.3 Å². The molecule has 7 heteroatoms. The second kappa shape index (κ2) is 6.48. The molecule has 0 heterocycles. The number of phenols is 1. The number of hydrogen-bond acceptors (Lipinski definition) is 6. The minimum Gasteiger partial charge on any atom is -0.506 e. The van der Waals surface area contributed by atoms with Gasteiger partial charge in [0.2, 0.25) is 0 Å². The molecule has 0 unspecified atom stereocenters. The van der Waals surface area contributed by atoms with Crippen molar-refractivity contribution in [3.05, 3.63) is 74.5 Å². The molecule has 126 valence electrons. The van der Waals surface area contributed by atoms with Gasteiger partial charge in [-0.05, 0) is 30.3 Å². The minimum atomic E-state index is -0.673. The molecule has 0 aromatic heterocycles. The molecule has 4 N–H and O–H groups in total. The number of aromatic hydroxyl groups is 1. The van der Waals surface area contributed by atoms with Crippen LogP contribution < -0.4 is 26.8 Å². The molecule has 0 fully saturated rings. The van der Waals surface area contributed by atoms with E-state index in [0.717, 1.165) is 0 Å². The monoisotopic (exact) mass is 337 g/mol. The van der Waals surface area contributed by atoms with Crippen LogP contribution >= 0.6 is 0 Å². The van der Waals surface area contributed by atoms with Gasteiger partial charge in [-0.1, -0.05) is 18.2 Å². The third-order valence-corrected chi connectivity index (χ3v) is 3.70. The smallest absolute Gasteiger partial charge is 0.253 e. The highest BCUT2D eigenvalue weighted by Gasteiger charge is 2.22. The van der Waals surface area contributed by atoms with Gasteiger partial charge in [0.25, 0.3) is 16.8 Å². The summed E-state index contributed by atoms with van der Waals surface area (Å²) in [5, 5.41) is 18.1. The number of carbonyl (C=O) groups excluding carboxylic acids is 1. The van der Waals surface area contributed by atoms with E-state index in [-0.39, 0.29) is 34.3 Å². The molecule has 3 aromatic rings. The third-order valence-electron chi connectivity index (χ3n) is 3.70. The fourth-order valence-electron chi connectivity index (χ4n) is 2.35. The van der Waals surface area contributed by atoms with E-state index in [2.05, 4.69) is 16.0 Å². The number of nitrogens with one attached hydrogen (secondary N) is 3. The van der Waals surface area contributed by atoms with Crippen LogP contribution in [0.4, 0.5) is 22.7 Å². The molecule has 3 rings (SSSR count). The van der Waals surface area contributed by atoms with E-state index < -0.39 is 10.9 Å². The summed E-state index contributed by atoms with van der Waals surface area (Å²) in [6.07, 6.45) is 0. The maximum absolute atomic E-state index is 11.8. The fraction of sp³-hybridized carbons (Fsp3) is 0.0556. The Balaban J connectivity index is 1.87. The van der Waals surface area contributed by atoms with Crippen molar-refractivity contribution in [2.45, 2.75) is 0 Å². The highest BCUT2D eigenvalue weighted by atomic mass is 16.3. The van der Waals surface area contributed by atoms with Crippen molar-refractivity contribution >= 4 is 28.7 Å². The van der Waals surface area contributed by atoms with Crippen molar-refractivity contribution in [1.29, 1.82) is 0 Å². The molecule has 0 aliphatic rings. The third kappa shape index (κ3) is 3.07. The normalized spacial score (nSPS) is 10.4. The Morgan fingerprint density at radius 3 is 2.16 bits per heavy atom. The van der Waals surface area contributed by atoms with Crippen LogP contribution in [-0.2, 0) is 0 Å². The zero-order valence-electron chi connectivity index (χ0n) is 13.3. The first kappa shape index (κ1) is 16.3. The van der Waals surface area contributed by atoms with Gasteiger partial charge < -0.3 is 21.1 Å². The van der Waals surface area contributed by atoms with Gasteiger partial charge in [0.05, 0.1) is 5.69 Å². The lowest BCUT2D eigenvalue weighted by Gasteiger charge is -2.16. The van der Waals surface area contributed by atoms with Crippen molar-refractivity contribution < 1.29 is 9.90 Å². The largest absolute Gasteiger partial charge is 0.506 e. The van der Waals surface area contributed by atoms with E-state index in [1.807, 2.05) is 6.07 Å². The van der Waals surface area contributed by atoms with Gasteiger partial charge in [0.15, 0.2) is 0 Å². The number of para-hydroxylation sites is 1. The summed E-state index contributed by atoms with van der Waals surface area (Å²) >= 11 is 0. The van der Waals surface area contributed by atoms with E-state index in [0.29, 0.717) is 5.69 Å². The lowest BCUT2D eigenvalue weighted by molar-refractivity contribution is 0.0962. The molecule has 7 nitrogen and oxygen atoms in total. The lowest BCUT2D eigenvalue weighted by atomic mass is 10.1. The van der Waals surface area contributed by atoms with Crippen LogP contribution in [0.25, 0.3) is 0 Å². The maximum atomic E-state index is 11.8. The SMILES string of the molecule is CNC(=O)c1ccc(Nc2c(Nc3ccccc3)c(=O)c2=O)c(O)c1. The lowest BCUT2D eigenvalue weighted by Crippen LogP contribution is -2.35. The van der Waals surface area contributed by atoms with Crippen molar-refractivity contribution in [2.75, 3.05) is 17.7 Å². The van der Waals surface area contributed by atoms with Crippen LogP contribution in [-0.4, -0.2) is 18.1 Å². The van der Waals surface area contributed by atoms with Crippen LogP contribution in [0.15, 0.2) is 58.1 Å². The van der Waals surface area contributed by atoms with Crippen LogP contribution in [0.5, 0.6) is 5.75 Å². The number of carbonyl (C=O) groups is 1. The molecule has 0 aliphatic carbocycles. The summed E-state index contributed by atoms with van der Waals surface area (Å²) in [5.41, 5.74) is 0.0507. The summed E-state index contributed by atoms with van der Waals surface area (Å²) in [6.45, 7) is 0. The molecule has 0 saturated carbocycles. The molecule has 0 atom stereocenters. The topological polar surface area (TPSA) is 108 Å². The summed E-state index contributed by atoms with van der Waals surface area (Å²) in [4.78, 5) is 35.2. The first-order valence-corrected chi connectivity index (χ1v) is 7.48. The molecule has 25 heavy (non-hydrogen) atoms. The summed E-state index contributed by atoms with van der Waals surface area (Å²) in [5.74, 6) is -0.554. The zero-order valence-corrected chi connectivity index (χ0v) is 13.3. The molecule has 3 aromatic carbocycles. The van der Waals surface area contributed by atoms with Gasteiger partial charge in [-0.2, -0.15) is 0 Å². The van der Waals surface area contributed by atoms with E-state index in [4.69, 9.17) is 0 Å². The van der Waals surface area contributed by atoms with Gasteiger partial charge in [-0.3, -0.25) is 14.4 Å². The number of hydrogen-bond donors (Lipinski definition) is 4. The first-order chi connectivity index (χ1) is 12.0. The second-order valence-electron chi connectivity index (χ2n) is 5.34. The van der Waals surface area contributed by atoms with Crippen molar-refractivity contribution in [2.24, 2.45) is 0 Å². The highest BCUT2D eigenvalue weighted by molar-refractivity contribution is 5.95. The van der Waals surface area contributed by atoms with E-state index in [9.17, 15) is 19.5 Å². The Morgan fingerprint density at radius 2 is 1.56 bits per heavy atom. The molecule has 0 bridgehead atoms. The number of rotatable bonds is 5. The van der Waals surface area contributed by atoms with E-state index >= 15 is 0 Å². The highest BCUT2D eigenvalue weighted by Crippen LogP contribution is 2.30. The van der Waals surface area contributed by atoms with Crippen molar-refractivity contribution in [3.63, 3.8) is 0 Å². The molecular formula is C18H15N3O4. The predicted octanol–water partition coefficient (Wildman–Crippen LogP) is 1.83. The van der Waals surface area contributed by atoms with Crippen LogP contribution in [0, 0.1) is 0 Å². The predicted molar refractivity (Wildman–Crippen MR) is 95.9 cm³/mol. The zero-order chi connectivity index (χ0) is 18.0. The van der Waals surface area contributed by atoms with Crippen molar-refractivity contribution in [3.8, 4) is 5.75 Å². The summed E-state index contributed by atoms with van der Waals surface area (Å²) in [7, 11) is 1.48. The average Bonchev–Trinajstić information content (AvgIpc) is 2.65. The van der Waals surface area contributed by atoms with Gasteiger partial charge in [0.1, 0.15) is 17.1 Å². The molecule has 0 radical (unpaired) electrons. The van der Waals surface area contributed by atoms with Gasteiger partial charge in [-0.15, -0.1) is 0 Å². The Labute approximate surface area is 142 Å². The number of amides is 1. The van der Waals surface area contributed by atoms with Gasteiger partial charge in [-0.25, -0.2) is 0 Å². The minimum absolute atomic E-state index is 0.0665. The molecule has 1 amide bonds. The Morgan fingerprint density at radius 1 is 0.920 bits per heavy atom. The molecular weight excluding hydrogens is 322 g/mol. The van der Waals surface area contributed by atoms with Crippen LogP contribution in [0.1, 0.15) is 10.4 Å². The number of phenolic OH excluding ortho intramolecular Hbond substituents is 1. The van der Waals surface area contributed by atoms with Crippen LogP contribution in [0.3, 0.4) is 0 Å². The number of anilines is 4. The first-order valence-electron chi connectivity index (χ1n) is 7.48. The Kier molecular flexibility index (Phi) is 4.21. The quantitative estimate of drug-likeness (QED) is 0.418. The summed E-state index contributed by atoms with van der Waals surface area (Å²) < 4.78 is 0. The summed E-state index contributed by atoms with van der Waals surface area (Å²) in [6, 6.07) is 13.2. The number of benzene rings is 2. The fourth-order valence-corrected chi connectivity index (χ4v) is 2.35. The Bertz CT molecular complexity index is 1010. The van der Waals surface area contributed by atoms with Crippen molar-refractivity contribution in [1.82, 2.24) is 5.32 Å². The van der Waals surface area contributed by atoms with E-state index in [1.54, 1.807) is 24.3 Å². The molecule has 0 aliphatic heterocycles. The van der Waals surface area contributed by atoms with E-state index in [1.165, 1.54) is 25.2 Å². The standard InChI is InChI=1S/C18H15N3O4/c1-19-18(25)10-7-8-12(13(22)9-10)21-15-14(16(23)17(15)24)20-11-5-3-2-4-6-11/h2-9,20-22H,1H3,(H,19,25). The maximum Gasteiger partial charge on any atom is 0.253 e. The van der Waals surface area contributed by atoms with Gasteiger partial charge >= 0.3 is 0 Å². The molecule has 0 spiro atoms. The Hall–Kier alpha value is -3.61.